The number of carbonyl (C=O) groups excluding carboxylic acids is 2. The summed E-state index contributed by atoms with van der Waals surface area (Å²) in [5, 5.41) is 5.57. The molecular weight excluding hydrogens is 522 g/mol. The number of piperazine rings is 1. The lowest BCUT2D eigenvalue weighted by Crippen LogP contribution is -2.48. The van der Waals surface area contributed by atoms with Crippen molar-refractivity contribution in [3.8, 4) is 0 Å². The monoisotopic (exact) mass is 554 g/mol. The molecule has 1 aromatic carbocycles. The molecule has 0 bridgehead atoms. The molecule has 6 nitrogen and oxygen atoms in total. The Kier molecular flexibility index (Phi) is 8.32. The van der Waals surface area contributed by atoms with Crippen LogP contribution < -0.4 is 10.6 Å². The van der Waals surface area contributed by atoms with E-state index < -0.39 is 23.5 Å². The molecule has 0 aliphatic carbocycles. The van der Waals surface area contributed by atoms with E-state index in [1.165, 1.54) is 6.07 Å². The Morgan fingerprint density at radius 2 is 1.93 bits per heavy atom. The van der Waals surface area contributed by atoms with Crippen LogP contribution in [0.25, 0.3) is 0 Å². The minimum absolute atomic E-state index is 0.115. The van der Waals surface area contributed by atoms with Crippen molar-refractivity contribution in [2.24, 2.45) is 5.92 Å². The van der Waals surface area contributed by atoms with Gasteiger partial charge in [-0.15, -0.1) is 11.5 Å². The van der Waals surface area contributed by atoms with E-state index in [2.05, 4.69) is 65.6 Å². The van der Waals surface area contributed by atoms with Gasteiger partial charge < -0.3 is 20.4 Å². The smallest absolute Gasteiger partial charge is 0.254 e. The zero-order chi connectivity index (χ0) is 30.0. The first kappa shape index (κ1) is 29.1. The second-order valence-electron chi connectivity index (χ2n) is 9.73. The lowest BCUT2D eigenvalue weighted by Gasteiger charge is -2.46. The van der Waals surface area contributed by atoms with E-state index in [4.69, 9.17) is 0 Å². The predicted octanol–water partition coefficient (Wildman–Crippen LogP) is 4.71. The first-order valence-corrected chi connectivity index (χ1v) is 13.2. The van der Waals surface area contributed by atoms with Crippen LogP contribution in [0, 0.1) is 17.6 Å². The topological polar surface area (TPSA) is 64.7 Å². The van der Waals surface area contributed by atoms with Crippen molar-refractivity contribution in [2.45, 2.75) is 25.9 Å². The highest BCUT2D eigenvalue weighted by molar-refractivity contribution is 6.08. The zero-order valence-corrected chi connectivity index (χ0v) is 23.3. The zero-order valence-electron chi connectivity index (χ0n) is 23.3. The molecule has 1 aromatic rings. The van der Waals surface area contributed by atoms with Crippen molar-refractivity contribution in [1.29, 1.82) is 0 Å². The second kappa shape index (κ2) is 11.7. The molecule has 2 saturated heterocycles. The number of ketones is 1. The number of carbonyl (C=O) groups is 2. The van der Waals surface area contributed by atoms with E-state index in [9.17, 15) is 18.4 Å². The van der Waals surface area contributed by atoms with Crippen LogP contribution in [-0.2, 0) is 16.1 Å². The maximum Gasteiger partial charge on any atom is 0.254 e. The Balaban J connectivity index is 1.91. The van der Waals surface area contributed by atoms with Crippen molar-refractivity contribution in [3.05, 3.63) is 137 Å². The van der Waals surface area contributed by atoms with E-state index in [-0.39, 0.29) is 40.8 Å². The van der Waals surface area contributed by atoms with Gasteiger partial charge in [0.25, 0.3) is 5.91 Å². The molecule has 0 spiro atoms. The van der Waals surface area contributed by atoms with Crippen LogP contribution in [0.2, 0.25) is 0 Å². The summed E-state index contributed by atoms with van der Waals surface area (Å²) in [6.07, 6.45) is 2.13. The predicted molar refractivity (Wildman–Crippen MR) is 155 cm³/mol. The van der Waals surface area contributed by atoms with E-state index in [0.29, 0.717) is 36.4 Å². The molecule has 3 aliphatic rings. The first-order chi connectivity index (χ1) is 19.7. The van der Waals surface area contributed by atoms with Crippen LogP contribution in [0.3, 0.4) is 0 Å². The molecule has 4 rings (SSSR count). The van der Waals surface area contributed by atoms with E-state index in [1.807, 2.05) is 11.8 Å². The Bertz CT molecular complexity index is 1590. The number of amides is 1. The largest absolute Gasteiger partial charge is 0.379 e. The highest BCUT2D eigenvalue weighted by Gasteiger charge is 2.51. The third-order valence-electron chi connectivity index (χ3n) is 7.68. The average Bonchev–Trinajstić information content (AvgIpc) is 3.35. The number of halogens is 2. The van der Waals surface area contributed by atoms with Crippen LogP contribution in [0.5, 0.6) is 0 Å². The molecule has 1 unspecified atom stereocenters. The minimum Gasteiger partial charge on any atom is -0.379 e. The number of likely N-dealkylation sites (N-methyl/N-ethyl adjacent to an activating group) is 2. The van der Waals surface area contributed by atoms with Crippen molar-refractivity contribution < 1.29 is 18.4 Å². The van der Waals surface area contributed by atoms with Crippen LogP contribution >= 0.6 is 0 Å². The fourth-order valence-corrected chi connectivity index (χ4v) is 5.79. The SMILES string of the molecule is C=C=C(NC)C(=O)C(=C)C1C[C@H]2CN(CC)C(=C=C)C3=C(C=C)C(=C=C)C(C(=O)NCc4ccc(F)cc4F)=C1N32. The van der Waals surface area contributed by atoms with Crippen LogP contribution in [0.1, 0.15) is 18.9 Å². The number of rotatable bonds is 9. The fourth-order valence-electron chi connectivity index (χ4n) is 5.79. The van der Waals surface area contributed by atoms with Gasteiger partial charge in [-0.1, -0.05) is 50.8 Å². The molecule has 1 amide bonds. The molecule has 8 heteroatoms. The molecule has 41 heavy (non-hydrogen) atoms. The van der Waals surface area contributed by atoms with E-state index in [1.54, 1.807) is 13.1 Å². The summed E-state index contributed by atoms with van der Waals surface area (Å²) in [7, 11) is 1.60. The summed E-state index contributed by atoms with van der Waals surface area (Å²) in [5.41, 5.74) is 12.4. The quantitative estimate of drug-likeness (QED) is 0.342. The van der Waals surface area contributed by atoms with Gasteiger partial charge in [0, 0.05) is 66.6 Å². The molecule has 0 saturated carbocycles. The normalized spacial score (nSPS) is 19.2. The number of nitrogens with zero attached hydrogens (tertiary/aromatic N) is 2. The molecule has 2 fully saturated rings. The van der Waals surface area contributed by atoms with Gasteiger partial charge in [-0.05, 0) is 19.4 Å². The molecule has 0 aromatic heterocycles. The number of benzene rings is 1. The molecular formula is C33H32F2N4O2. The number of nitrogens with one attached hydrogen (secondary N) is 2. The Morgan fingerprint density at radius 1 is 1.20 bits per heavy atom. The Hall–Kier alpha value is -4.86. The first-order valence-electron chi connectivity index (χ1n) is 13.2. The summed E-state index contributed by atoms with van der Waals surface area (Å²) >= 11 is 0. The highest BCUT2D eigenvalue weighted by atomic mass is 19.1. The van der Waals surface area contributed by atoms with Crippen LogP contribution in [0.15, 0.2) is 119 Å². The fraction of sp³-hybridized carbons (Fsp3) is 0.242. The maximum absolute atomic E-state index is 14.4. The van der Waals surface area contributed by atoms with Crippen molar-refractivity contribution in [1.82, 2.24) is 20.4 Å². The lowest BCUT2D eigenvalue weighted by molar-refractivity contribution is -0.117. The van der Waals surface area contributed by atoms with Gasteiger partial charge in [-0.3, -0.25) is 9.59 Å². The molecule has 3 aliphatic heterocycles. The average molecular weight is 555 g/mol. The third kappa shape index (κ3) is 4.86. The van der Waals surface area contributed by atoms with Gasteiger partial charge in [0.2, 0.25) is 5.78 Å². The third-order valence-corrected chi connectivity index (χ3v) is 7.68. The maximum atomic E-state index is 14.4. The van der Waals surface area contributed by atoms with E-state index >= 15 is 0 Å². The molecule has 3 heterocycles. The van der Waals surface area contributed by atoms with Gasteiger partial charge in [-0.25, -0.2) is 8.78 Å². The summed E-state index contributed by atoms with van der Waals surface area (Å²) in [4.78, 5) is 31.6. The van der Waals surface area contributed by atoms with Gasteiger partial charge in [-0.2, -0.15) is 0 Å². The summed E-state index contributed by atoms with van der Waals surface area (Å²) in [5.74, 6) is -2.95. The number of allylic oxidation sites excluding steroid dienone is 4. The van der Waals surface area contributed by atoms with Gasteiger partial charge in [0.05, 0.1) is 17.3 Å². The molecule has 2 atom stereocenters. The highest BCUT2D eigenvalue weighted by Crippen LogP contribution is 2.52. The number of hydrogen-bond donors (Lipinski definition) is 2. The summed E-state index contributed by atoms with van der Waals surface area (Å²) < 4.78 is 27.8. The van der Waals surface area contributed by atoms with E-state index in [0.717, 1.165) is 23.5 Å². The second-order valence-corrected chi connectivity index (χ2v) is 9.73. The van der Waals surface area contributed by atoms with Crippen molar-refractivity contribution in [3.63, 3.8) is 0 Å². The van der Waals surface area contributed by atoms with Crippen molar-refractivity contribution >= 4 is 11.7 Å². The Morgan fingerprint density at radius 3 is 2.49 bits per heavy atom. The minimum atomic E-state index is -0.773. The summed E-state index contributed by atoms with van der Waals surface area (Å²) in [6, 6.07) is 3.06. The van der Waals surface area contributed by atoms with Crippen LogP contribution in [0.4, 0.5) is 8.78 Å². The molecule has 210 valence electrons. The van der Waals surface area contributed by atoms with Gasteiger partial charge in [0.1, 0.15) is 23.0 Å². The van der Waals surface area contributed by atoms with Gasteiger partial charge >= 0.3 is 0 Å². The molecule has 2 N–H and O–H groups in total. The van der Waals surface area contributed by atoms with Gasteiger partial charge in [0.15, 0.2) is 0 Å². The standard InChI is InChI=1S/C33H32F2N4O2/c1-8-23-24(9-2)30-28(11-4)38(12-5)18-22-16-25(19(6)32(40)27(10-3)36-7)31(39(22)30)29(23)33(41)37-17-20-13-14-21(34)15-26(20)35/h9,13-15,22,25,36H,1-4,6,12,16-18H2,5,7H3,(H,37,41)/t22-,25?/m0/s1. The Labute approximate surface area is 239 Å². The van der Waals surface area contributed by atoms with Crippen molar-refractivity contribution in [2.75, 3.05) is 20.1 Å². The lowest BCUT2D eigenvalue weighted by atomic mass is 9.83. The van der Waals surface area contributed by atoms with Crippen LogP contribution in [-0.4, -0.2) is 47.7 Å². The number of hydrogen-bond acceptors (Lipinski definition) is 5. The molecule has 0 radical (unpaired) electrons. The number of Topliss-reactive ketones (excluding diaryl/α,β-unsaturated/α-hetero) is 1. The summed E-state index contributed by atoms with van der Waals surface area (Å²) in [6.45, 7) is 22.7.